The fraction of sp³-hybridized carbons (Fsp3) is 0.364. The Morgan fingerprint density at radius 3 is 2.68 bits per heavy atom. The highest BCUT2D eigenvalue weighted by atomic mass is 35.5. The molecule has 0 bridgehead atoms. The Hall–Kier alpha value is -1.63. The third-order valence-electron chi connectivity index (χ3n) is 2.51. The molecule has 8 heteroatoms. The molecule has 1 unspecified atom stereocenters. The molecule has 0 radical (unpaired) electrons. The molecule has 0 amide bonds. The summed E-state index contributed by atoms with van der Waals surface area (Å²) >= 11 is 5.80. The van der Waals surface area contributed by atoms with Crippen molar-refractivity contribution in [3.8, 4) is 0 Å². The lowest BCUT2D eigenvalue weighted by atomic mass is 10.1. The minimum absolute atomic E-state index is 0.0180. The van der Waals surface area contributed by atoms with E-state index in [1.807, 2.05) is 0 Å². The Morgan fingerprint density at radius 2 is 2.16 bits per heavy atom. The molecule has 4 nitrogen and oxygen atoms in total. The van der Waals surface area contributed by atoms with Gasteiger partial charge < -0.3 is 16.3 Å². The fourth-order valence-electron chi connectivity index (χ4n) is 1.30. The van der Waals surface area contributed by atoms with Gasteiger partial charge in [-0.3, -0.25) is 0 Å². The number of nitrogens with zero attached hydrogens (tertiary/aromatic N) is 1. The lowest BCUT2D eigenvalue weighted by Gasteiger charge is -2.15. The highest BCUT2D eigenvalue weighted by Gasteiger charge is 2.30. The number of hydrogen-bond donors (Lipinski definition) is 3. The maximum Gasteiger partial charge on any atom is 0.416 e. The van der Waals surface area contributed by atoms with E-state index < -0.39 is 11.7 Å². The molecule has 4 N–H and O–H groups in total. The largest absolute Gasteiger partial charge is 0.416 e. The Morgan fingerprint density at radius 1 is 1.53 bits per heavy atom. The molecule has 0 aliphatic rings. The lowest BCUT2D eigenvalue weighted by molar-refractivity contribution is -0.137. The summed E-state index contributed by atoms with van der Waals surface area (Å²) in [5.41, 5.74) is 4.72. The van der Waals surface area contributed by atoms with Gasteiger partial charge in [-0.25, -0.2) is 0 Å². The topological polar surface area (TPSA) is 70.6 Å². The highest BCUT2D eigenvalue weighted by molar-refractivity contribution is 6.33. The van der Waals surface area contributed by atoms with E-state index in [4.69, 9.17) is 22.5 Å². The van der Waals surface area contributed by atoms with E-state index in [9.17, 15) is 13.2 Å². The summed E-state index contributed by atoms with van der Waals surface area (Å²) in [6.07, 6.45) is -4.43. The van der Waals surface area contributed by atoms with E-state index in [1.54, 1.807) is 6.92 Å². The zero-order valence-corrected chi connectivity index (χ0v) is 10.8. The number of amidine groups is 1. The van der Waals surface area contributed by atoms with Gasteiger partial charge in [0, 0.05) is 12.5 Å². The van der Waals surface area contributed by atoms with E-state index in [2.05, 4.69) is 10.5 Å². The van der Waals surface area contributed by atoms with Crippen LogP contribution in [-0.4, -0.2) is 17.6 Å². The van der Waals surface area contributed by atoms with E-state index >= 15 is 0 Å². The van der Waals surface area contributed by atoms with Crippen molar-refractivity contribution in [2.75, 3.05) is 11.9 Å². The molecule has 1 atom stereocenters. The monoisotopic (exact) mass is 295 g/mol. The summed E-state index contributed by atoms with van der Waals surface area (Å²) in [6.45, 7) is 1.85. The van der Waals surface area contributed by atoms with Crippen LogP contribution in [-0.2, 0) is 6.18 Å². The van der Waals surface area contributed by atoms with Crippen LogP contribution in [0.3, 0.4) is 0 Å². The van der Waals surface area contributed by atoms with Crippen LogP contribution in [0.2, 0.25) is 5.02 Å². The van der Waals surface area contributed by atoms with E-state index in [0.29, 0.717) is 0 Å². The molecule has 0 heterocycles. The number of oxime groups is 1. The molecule has 0 saturated heterocycles. The minimum Gasteiger partial charge on any atom is -0.409 e. The number of rotatable bonds is 4. The maximum absolute atomic E-state index is 12.5. The van der Waals surface area contributed by atoms with Crippen LogP contribution in [0.25, 0.3) is 0 Å². The van der Waals surface area contributed by atoms with Crippen molar-refractivity contribution in [3.63, 3.8) is 0 Å². The second kappa shape index (κ2) is 6.01. The molecule has 1 aromatic rings. The zero-order chi connectivity index (χ0) is 14.6. The first-order valence-corrected chi connectivity index (χ1v) is 5.71. The maximum atomic E-state index is 12.5. The van der Waals surface area contributed by atoms with Gasteiger partial charge in [-0.1, -0.05) is 23.7 Å². The van der Waals surface area contributed by atoms with Crippen molar-refractivity contribution in [1.82, 2.24) is 0 Å². The predicted molar refractivity (Wildman–Crippen MR) is 67.5 cm³/mol. The van der Waals surface area contributed by atoms with Crippen molar-refractivity contribution < 1.29 is 18.4 Å². The third kappa shape index (κ3) is 4.20. The molecule has 106 valence electrons. The second-order valence-corrected chi connectivity index (χ2v) is 4.41. The van der Waals surface area contributed by atoms with Crippen LogP contribution >= 0.6 is 11.6 Å². The van der Waals surface area contributed by atoms with Gasteiger partial charge in [0.2, 0.25) is 0 Å². The van der Waals surface area contributed by atoms with Crippen molar-refractivity contribution in [3.05, 3.63) is 28.8 Å². The molecule has 19 heavy (non-hydrogen) atoms. The number of anilines is 1. The normalized spacial score (nSPS) is 14.3. The number of benzene rings is 1. The Kier molecular flexibility index (Phi) is 4.88. The van der Waals surface area contributed by atoms with Crippen LogP contribution in [0.4, 0.5) is 18.9 Å². The average Bonchev–Trinajstić information content (AvgIpc) is 2.35. The average molecular weight is 296 g/mol. The fourth-order valence-corrected chi connectivity index (χ4v) is 1.49. The van der Waals surface area contributed by atoms with Gasteiger partial charge in [0.15, 0.2) is 0 Å². The van der Waals surface area contributed by atoms with Gasteiger partial charge >= 0.3 is 6.18 Å². The standard InChI is InChI=1S/C11H13ClF3N3O/c1-6(10(16)18-19)5-17-9-4-7(11(13,14)15)2-3-8(9)12/h2-4,6,17,19H,5H2,1H3,(H2,16,18). The van der Waals surface area contributed by atoms with Gasteiger partial charge in [0.1, 0.15) is 5.84 Å². The van der Waals surface area contributed by atoms with Gasteiger partial charge in [-0.05, 0) is 18.2 Å². The summed E-state index contributed by atoms with van der Waals surface area (Å²) in [5, 5.41) is 14.2. The number of nitrogens with two attached hydrogens (primary N) is 1. The number of hydrogen-bond acceptors (Lipinski definition) is 3. The molecule has 0 saturated carbocycles. The van der Waals surface area contributed by atoms with Crippen molar-refractivity contribution >= 4 is 23.1 Å². The number of alkyl halides is 3. The number of nitrogens with one attached hydrogen (secondary N) is 1. The van der Waals surface area contributed by atoms with Crippen molar-refractivity contribution in [2.24, 2.45) is 16.8 Å². The molecule has 0 aromatic heterocycles. The summed E-state index contributed by atoms with van der Waals surface area (Å²) in [6, 6.07) is 2.99. The van der Waals surface area contributed by atoms with E-state index in [1.165, 1.54) is 6.07 Å². The SMILES string of the molecule is CC(CNc1cc(C(F)(F)F)ccc1Cl)C(N)=NO. The van der Waals surface area contributed by atoms with Gasteiger partial charge in [0.05, 0.1) is 16.3 Å². The van der Waals surface area contributed by atoms with Crippen LogP contribution in [0.1, 0.15) is 12.5 Å². The minimum atomic E-state index is -4.43. The zero-order valence-electron chi connectivity index (χ0n) is 10.0. The quantitative estimate of drug-likeness (QED) is 0.346. The Bertz CT molecular complexity index is 477. The summed E-state index contributed by atoms with van der Waals surface area (Å²) < 4.78 is 37.6. The van der Waals surface area contributed by atoms with Crippen LogP contribution in [0, 0.1) is 5.92 Å². The van der Waals surface area contributed by atoms with E-state index in [0.717, 1.165) is 12.1 Å². The van der Waals surface area contributed by atoms with Crippen molar-refractivity contribution in [2.45, 2.75) is 13.1 Å². The summed E-state index contributed by atoms with van der Waals surface area (Å²) in [5.74, 6) is -0.369. The summed E-state index contributed by atoms with van der Waals surface area (Å²) in [7, 11) is 0. The highest BCUT2D eigenvalue weighted by Crippen LogP contribution is 2.33. The second-order valence-electron chi connectivity index (χ2n) is 4.00. The van der Waals surface area contributed by atoms with Crippen LogP contribution in [0.15, 0.2) is 23.4 Å². The Balaban J connectivity index is 2.84. The van der Waals surface area contributed by atoms with Gasteiger partial charge in [0.25, 0.3) is 0 Å². The molecule has 0 aliphatic heterocycles. The van der Waals surface area contributed by atoms with Crippen LogP contribution < -0.4 is 11.1 Å². The first-order chi connectivity index (χ1) is 8.75. The molecule has 0 aliphatic carbocycles. The molecule has 1 aromatic carbocycles. The molecule has 1 rings (SSSR count). The lowest BCUT2D eigenvalue weighted by Crippen LogP contribution is -2.27. The smallest absolute Gasteiger partial charge is 0.409 e. The molecule has 0 fully saturated rings. The molecule has 0 spiro atoms. The molecular formula is C11H13ClF3N3O. The number of halogens is 4. The van der Waals surface area contributed by atoms with Crippen LogP contribution in [0.5, 0.6) is 0 Å². The third-order valence-corrected chi connectivity index (χ3v) is 2.84. The van der Waals surface area contributed by atoms with Crippen molar-refractivity contribution in [1.29, 1.82) is 0 Å². The Labute approximate surface area is 113 Å². The first kappa shape index (κ1) is 15.4. The van der Waals surface area contributed by atoms with Gasteiger partial charge in [-0.15, -0.1) is 0 Å². The first-order valence-electron chi connectivity index (χ1n) is 5.33. The van der Waals surface area contributed by atoms with Gasteiger partial charge in [-0.2, -0.15) is 13.2 Å². The molecular weight excluding hydrogens is 283 g/mol. The predicted octanol–water partition coefficient (Wildman–Crippen LogP) is 3.15. The van der Waals surface area contributed by atoms with E-state index in [-0.39, 0.29) is 29.0 Å². The summed E-state index contributed by atoms with van der Waals surface area (Å²) in [4.78, 5) is 0.